The van der Waals surface area contributed by atoms with E-state index in [1.54, 1.807) is 13.8 Å². The number of aryl methyl sites for hydroxylation is 1. The van der Waals surface area contributed by atoms with E-state index in [9.17, 15) is 9.59 Å². The Morgan fingerprint density at radius 3 is 2.42 bits per heavy atom. The van der Waals surface area contributed by atoms with Gasteiger partial charge in [-0.2, -0.15) is 0 Å². The quantitative estimate of drug-likeness (QED) is 0.668. The van der Waals surface area contributed by atoms with Crippen molar-refractivity contribution in [3.05, 3.63) is 47.5 Å². The SMILES string of the molecule is C=C(C)CN1C(=O)NC(C)(c2ccc(C)cc2)C1=O. The number of carbonyl (C=O) groups is 2. The van der Waals surface area contributed by atoms with Gasteiger partial charge in [0.1, 0.15) is 5.54 Å². The standard InChI is InChI=1S/C15H18N2O2/c1-10(2)9-17-13(18)15(4,16-14(17)19)12-7-5-11(3)6-8-12/h5-8H,1,9H2,2-4H3,(H,16,19). The van der Waals surface area contributed by atoms with Gasteiger partial charge in [-0.1, -0.05) is 42.0 Å². The Kier molecular flexibility index (Phi) is 3.18. The van der Waals surface area contributed by atoms with Crippen molar-refractivity contribution in [2.75, 3.05) is 6.54 Å². The summed E-state index contributed by atoms with van der Waals surface area (Å²) in [5.74, 6) is -0.232. The van der Waals surface area contributed by atoms with E-state index >= 15 is 0 Å². The lowest BCUT2D eigenvalue weighted by Gasteiger charge is -2.22. The molecule has 0 saturated carbocycles. The summed E-state index contributed by atoms with van der Waals surface area (Å²) in [7, 11) is 0. The van der Waals surface area contributed by atoms with Crippen LogP contribution < -0.4 is 5.32 Å². The molecule has 2 rings (SSSR count). The zero-order valence-corrected chi connectivity index (χ0v) is 11.5. The van der Waals surface area contributed by atoms with Crippen molar-refractivity contribution in [2.24, 2.45) is 0 Å². The van der Waals surface area contributed by atoms with E-state index in [1.165, 1.54) is 4.90 Å². The van der Waals surface area contributed by atoms with Crippen LogP contribution in [0.15, 0.2) is 36.4 Å². The maximum absolute atomic E-state index is 12.5. The largest absolute Gasteiger partial charge is 0.325 e. The average Bonchev–Trinajstić information content (AvgIpc) is 2.54. The van der Waals surface area contributed by atoms with Gasteiger partial charge in [0.05, 0.1) is 6.54 Å². The first kappa shape index (κ1) is 13.3. The van der Waals surface area contributed by atoms with Gasteiger partial charge in [0.2, 0.25) is 0 Å². The maximum Gasteiger partial charge on any atom is 0.325 e. The first-order valence-corrected chi connectivity index (χ1v) is 6.20. The van der Waals surface area contributed by atoms with Crippen molar-refractivity contribution in [3.63, 3.8) is 0 Å². The van der Waals surface area contributed by atoms with Crippen LogP contribution in [0.2, 0.25) is 0 Å². The highest BCUT2D eigenvalue weighted by Gasteiger charge is 2.48. The van der Waals surface area contributed by atoms with E-state index in [1.807, 2.05) is 31.2 Å². The molecule has 1 aliphatic rings. The molecular weight excluding hydrogens is 240 g/mol. The molecule has 1 N–H and O–H groups in total. The minimum absolute atomic E-state index is 0.232. The second-order valence-corrected chi connectivity index (χ2v) is 5.27. The van der Waals surface area contributed by atoms with Gasteiger partial charge in [0, 0.05) is 0 Å². The summed E-state index contributed by atoms with van der Waals surface area (Å²) in [6, 6.07) is 7.24. The predicted octanol–water partition coefficient (Wildman–Crippen LogP) is 2.34. The number of imide groups is 1. The molecule has 0 aliphatic carbocycles. The van der Waals surface area contributed by atoms with Crippen molar-refractivity contribution in [1.29, 1.82) is 0 Å². The van der Waals surface area contributed by atoms with E-state index < -0.39 is 5.54 Å². The minimum Gasteiger partial charge on any atom is -0.319 e. The van der Waals surface area contributed by atoms with Crippen molar-refractivity contribution < 1.29 is 9.59 Å². The first-order chi connectivity index (χ1) is 8.84. The number of urea groups is 1. The molecule has 0 radical (unpaired) electrons. The molecule has 1 fully saturated rings. The molecule has 100 valence electrons. The Morgan fingerprint density at radius 1 is 1.32 bits per heavy atom. The minimum atomic E-state index is -0.986. The summed E-state index contributed by atoms with van der Waals surface area (Å²) < 4.78 is 0. The second kappa shape index (κ2) is 4.53. The van der Waals surface area contributed by atoms with Crippen LogP contribution in [0.4, 0.5) is 4.79 Å². The smallest absolute Gasteiger partial charge is 0.319 e. The van der Waals surface area contributed by atoms with E-state index in [0.29, 0.717) is 0 Å². The third-order valence-corrected chi connectivity index (χ3v) is 3.33. The molecule has 1 aromatic rings. The summed E-state index contributed by atoms with van der Waals surface area (Å²) in [5, 5.41) is 2.77. The number of nitrogens with zero attached hydrogens (tertiary/aromatic N) is 1. The van der Waals surface area contributed by atoms with Gasteiger partial charge in [-0.25, -0.2) is 4.79 Å². The number of carbonyl (C=O) groups excluding carboxylic acids is 2. The molecule has 1 aromatic carbocycles. The van der Waals surface area contributed by atoms with Gasteiger partial charge in [-0.15, -0.1) is 0 Å². The lowest BCUT2D eigenvalue weighted by atomic mass is 9.91. The van der Waals surface area contributed by atoms with Crippen molar-refractivity contribution in [2.45, 2.75) is 26.3 Å². The van der Waals surface area contributed by atoms with Gasteiger partial charge in [0.25, 0.3) is 5.91 Å². The van der Waals surface area contributed by atoms with Crippen molar-refractivity contribution >= 4 is 11.9 Å². The average molecular weight is 258 g/mol. The van der Waals surface area contributed by atoms with Crippen LogP contribution >= 0.6 is 0 Å². The number of nitrogens with one attached hydrogen (secondary N) is 1. The molecule has 1 saturated heterocycles. The highest BCUT2D eigenvalue weighted by Crippen LogP contribution is 2.29. The molecule has 3 amide bonds. The third kappa shape index (κ3) is 2.26. The van der Waals surface area contributed by atoms with Crippen LogP contribution in [0.25, 0.3) is 0 Å². The molecule has 0 spiro atoms. The first-order valence-electron chi connectivity index (χ1n) is 6.20. The van der Waals surface area contributed by atoms with Crippen molar-refractivity contribution in [3.8, 4) is 0 Å². The summed E-state index contributed by atoms with van der Waals surface area (Å²) in [5.41, 5.74) is 1.69. The monoisotopic (exact) mass is 258 g/mol. The zero-order chi connectivity index (χ0) is 14.2. The molecule has 1 aliphatic heterocycles. The summed E-state index contributed by atoms with van der Waals surface area (Å²) in [6.07, 6.45) is 0. The highest BCUT2D eigenvalue weighted by atomic mass is 16.2. The fourth-order valence-corrected chi connectivity index (χ4v) is 2.19. The number of benzene rings is 1. The molecule has 1 heterocycles. The number of amides is 3. The van der Waals surface area contributed by atoms with Crippen molar-refractivity contribution in [1.82, 2.24) is 10.2 Å². The topological polar surface area (TPSA) is 49.4 Å². The maximum atomic E-state index is 12.5. The number of rotatable bonds is 3. The van der Waals surface area contributed by atoms with Crippen LogP contribution in [-0.4, -0.2) is 23.4 Å². The van der Waals surface area contributed by atoms with Crippen LogP contribution in [0.5, 0.6) is 0 Å². The van der Waals surface area contributed by atoms with E-state index in [2.05, 4.69) is 11.9 Å². The van der Waals surface area contributed by atoms with Crippen LogP contribution in [0, 0.1) is 6.92 Å². The lowest BCUT2D eigenvalue weighted by Crippen LogP contribution is -2.41. The molecular formula is C15H18N2O2. The lowest BCUT2D eigenvalue weighted by molar-refractivity contribution is -0.130. The Labute approximate surface area is 113 Å². The summed E-state index contributed by atoms with van der Waals surface area (Å²) in [4.78, 5) is 25.6. The summed E-state index contributed by atoms with van der Waals surface area (Å²) >= 11 is 0. The Bertz CT molecular complexity index is 548. The van der Waals surface area contributed by atoms with E-state index in [0.717, 1.165) is 16.7 Å². The molecule has 1 atom stereocenters. The zero-order valence-electron chi connectivity index (χ0n) is 11.5. The van der Waals surface area contributed by atoms with Crippen LogP contribution in [0.3, 0.4) is 0 Å². The Morgan fingerprint density at radius 2 is 1.89 bits per heavy atom. The molecule has 1 unspecified atom stereocenters. The van der Waals surface area contributed by atoms with Gasteiger partial charge in [0.15, 0.2) is 0 Å². The number of hydrogen-bond acceptors (Lipinski definition) is 2. The van der Waals surface area contributed by atoms with Gasteiger partial charge >= 0.3 is 6.03 Å². The predicted molar refractivity (Wildman–Crippen MR) is 73.6 cm³/mol. The molecule has 0 aromatic heterocycles. The second-order valence-electron chi connectivity index (χ2n) is 5.27. The highest BCUT2D eigenvalue weighted by molar-refractivity contribution is 6.07. The fraction of sp³-hybridized carbons (Fsp3) is 0.333. The Hall–Kier alpha value is -2.10. The van der Waals surface area contributed by atoms with Crippen LogP contribution in [-0.2, 0) is 10.3 Å². The van der Waals surface area contributed by atoms with E-state index in [-0.39, 0.29) is 18.5 Å². The molecule has 4 heteroatoms. The molecule has 4 nitrogen and oxygen atoms in total. The fourth-order valence-electron chi connectivity index (χ4n) is 2.19. The van der Waals surface area contributed by atoms with E-state index in [4.69, 9.17) is 0 Å². The molecule has 0 bridgehead atoms. The summed E-state index contributed by atoms with van der Waals surface area (Å²) in [6.45, 7) is 9.51. The molecule has 19 heavy (non-hydrogen) atoms. The third-order valence-electron chi connectivity index (χ3n) is 3.33. The van der Waals surface area contributed by atoms with Gasteiger partial charge in [-0.3, -0.25) is 9.69 Å². The van der Waals surface area contributed by atoms with Crippen LogP contribution in [0.1, 0.15) is 25.0 Å². The van der Waals surface area contributed by atoms with Gasteiger partial charge < -0.3 is 5.32 Å². The van der Waals surface area contributed by atoms with Gasteiger partial charge in [-0.05, 0) is 26.3 Å². The normalized spacial score (nSPS) is 22.6. The Balaban J connectivity index is 2.35. The number of hydrogen-bond donors (Lipinski definition) is 1.